The van der Waals surface area contributed by atoms with Crippen LogP contribution < -0.4 is 10.6 Å². The van der Waals surface area contributed by atoms with Crippen molar-refractivity contribution in [3.63, 3.8) is 0 Å². The van der Waals surface area contributed by atoms with Crippen molar-refractivity contribution >= 4 is 5.91 Å². The first-order valence-corrected chi connectivity index (χ1v) is 7.03. The van der Waals surface area contributed by atoms with Crippen LogP contribution in [-0.2, 0) is 9.53 Å². The minimum atomic E-state index is 0.0629. The van der Waals surface area contributed by atoms with Crippen LogP contribution in [0.15, 0.2) is 0 Å². The maximum absolute atomic E-state index is 11.5. The monoisotopic (exact) mass is 258 g/mol. The lowest BCUT2D eigenvalue weighted by Crippen LogP contribution is -2.33. The van der Waals surface area contributed by atoms with E-state index in [-0.39, 0.29) is 12.5 Å². The van der Waals surface area contributed by atoms with E-state index in [2.05, 4.69) is 10.6 Å². The van der Waals surface area contributed by atoms with E-state index in [0.717, 1.165) is 45.2 Å². The Labute approximate surface area is 109 Å². The summed E-state index contributed by atoms with van der Waals surface area (Å²) in [5, 5.41) is 14.8. The first-order valence-electron chi connectivity index (χ1n) is 7.03. The number of piperidine rings is 1. The van der Waals surface area contributed by atoms with Gasteiger partial charge >= 0.3 is 0 Å². The number of hydrogen-bond donors (Lipinski definition) is 3. The molecule has 3 N–H and O–H groups in total. The highest BCUT2D eigenvalue weighted by Gasteiger charge is 2.13. The molecule has 1 rings (SSSR count). The molecule has 1 amide bonds. The molecular weight excluding hydrogens is 232 g/mol. The SMILES string of the molecule is O=C(CCOC1CCNCC1)NCCCCCO. The minimum absolute atomic E-state index is 0.0629. The Morgan fingerprint density at radius 3 is 2.78 bits per heavy atom. The lowest BCUT2D eigenvalue weighted by molar-refractivity contribution is -0.122. The number of carbonyl (C=O) groups excluding carboxylic acids is 1. The number of aliphatic hydroxyl groups is 1. The van der Waals surface area contributed by atoms with E-state index in [1.807, 2.05) is 0 Å². The van der Waals surface area contributed by atoms with Crippen LogP contribution >= 0.6 is 0 Å². The molecule has 0 aromatic carbocycles. The topological polar surface area (TPSA) is 70.6 Å². The number of amides is 1. The van der Waals surface area contributed by atoms with Gasteiger partial charge in [-0.05, 0) is 45.2 Å². The van der Waals surface area contributed by atoms with Gasteiger partial charge in [-0.2, -0.15) is 0 Å². The molecule has 106 valence electrons. The van der Waals surface area contributed by atoms with Crippen molar-refractivity contribution in [1.82, 2.24) is 10.6 Å². The standard InChI is InChI=1S/C13H26N2O3/c16-10-3-1-2-7-15-13(17)6-11-18-12-4-8-14-9-5-12/h12,14,16H,1-11H2,(H,15,17). The van der Waals surface area contributed by atoms with Gasteiger partial charge in [0.25, 0.3) is 0 Å². The van der Waals surface area contributed by atoms with Gasteiger partial charge in [0.05, 0.1) is 12.7 Å². The number of aliphatic hydroxyl groups excluding tert-OH is 1. The van der Waals surface area contributed by atoms with Crippen molar-refractivity contribution in [1.29, 1.82) is 0 Å². The molecule has 0 aromatic heterocycles. The van der Waals surface area contributed by atoms with Gasteiger partial charge in [0.1, 0.15) is 0 Å². The molecule has 1 saturated heterocycles. The minimum Gasteiger partial charge on any atom is -0.396 e. The summed E-state index contributed by atoms with van der Waals surface area (Å²) in [6.45, 7) is 3.49. The fourth-order valence-corrected chi connectivity index (χ4v) is 2.01. The molecule has 0 bridgehead atoms. The summed E-state index contributed by atoms with van der Waals surface area (Å²) in [5.74, 6) is 0.0629. The number of carbonyl (C=O) groups is 1. The van der Waals surface area contributed by atoms with Crippen LogP contribution in [0.1, 0.15) is 38.5 Å². The van der Waals surface area contributed by atoms with Gasteiger partial charge in [0.15, 0.2) is 0 Å². The molecule has 0 spiro atoms. The van der Waals surface area contributed by atoms with Gasteiger partial charge in [-0.15, -0.1) is 0 Å². The summed E-state index contributed by atoms with van der Waals surface area (Å²) >= 11 is 0. The third-order valence-electron chi connectivity index (χ3n) is 3.13. The average Bonchev–Trinajstić information content (AvgIpc) is 2.40. The normalized spacial score (nSPS) is 16.7. The molecular formula is C13H26N2O3. The largest absolute Gasteiger partial charge is 0.396 e. The molecule has 1 heterocycles. The highest BCUT2D eigenvalue weighted by Crippen LogP contribution is 2.07. The van der Waals surface area contributed by atoms with E-state index >= 15 is 0 Å². The molecule has 1 aliphatic rings. The van der Waals surface area contributed by atoms with E-state index < -0.39 is 0 Å². The lowest BCUT2D eigenvalue weighted by Gasteiger charge is -2.22. The molecule has 0 atom stereocenters. The molecule has 0 unspecified atom stereocenters. The van der Waals surface area contributed by atoms with Crippen LogP contribution in [-0.4, -0.2) is 50.0 Å². The highest BCUT2D eigenvalue weighted by molar-refractivity contribution is 5.75. The van der Waals surface area contributed by atoms with Gasteiger partial charge < -0.3 is 20.5 Å². The zero-order valence-corrected chi connectivity index (χ0v) is 11.1. The molecule has 0 aliphatic carbocycles. The first kappa shape index (κ1) is 15.4. The van der Waals surface area contributed by atoms with Crippen molar-refractivity contribution in [2.75, 3.05) is 32.8 Å². The van der Waals surface area contributed by atoms with E-state index in [9.17, 15) is 4.79 Å². The zero-order chi connectivity index (χ0) is 13.1. The highest BCUT2D eigenvalue weighted by atomic mass is 16.5. The summed E-state index contributed by atoms with van der Waals surface area (Å²) in [6.07, 6.45) is 5.57. The molecule has 0 saturated carbocycles. The van der Waals surface area contributed by atoms with Gasteiger partial charge in [0, 0.05) is 19.6 Å². The molecule has 18 heavy (non-hydrogen) atoms. The average molecular weight is 258 g/mol. The number of hydrogen-bond acceptors (Lipinski definition) is 4. The van der Waals surface area contributed by atoms with Crippen LogP contribution in [0.3, 0.4) is 0 Å². The van der Waals surface area contributed by atoms with E-state index in [4.69, 9.17) is 9.84 Å². The summed E-state index contributed by atoms with van der Waals surface area (Å²) in [4.78, 5) is 11.5. The quantitative estimate of drug-likeness (QED) is 0.524. The van der Waals surface area contributed by atoms with Gasteiger partial charge in [-0.25, -0.2) is 0 Å². The van der Waals surface area contributed by atoms with E-state index in [1.54, 1.807) is 0 Å². The van der Waals surface area contributed by atoms with Crippen molar-refractivity contribution in [2.24, 2.45) is 0 Å². The van der Waals surface area contributed by atoms with Crippen molar-refractivity contribution in [2.45, 2.75) is 44.6 Å². The van der Waals surface area contributed by atoms with Gasteiger partial charge in [-0.3, -0.25) is 4.79 Å². The predicted molar refractivity (Wildman–Crippen MR) is 70.4 cm³/mol. The summed E-state index contributed by atoms with van der Waals surface area (Å²) < 4.78 is 5.66. The maximum Gasteiger partial charge on any atom is 0.222 e. The van der Waals surface area contributed by atoms with Crippen LogP contribution in [0, 0.1) is 0 Å². The van der Waals surface area contributed by atoms with Crippen LogP contribution in [0.5, 0.6) is 0 Å². The molecule has 0 aromatic rings. The Hall–Kier alpha value is -0.650. The van der Waals surface area contributed by atoms with Gasteiger partial charge in [0.2, 0.25) is 5.91 Å². The lowest BCUT2D eigenvalue weighted by atomic mass is 10.1. The second kappa shape index (κ2) is 10.3. The third-order valence-corrected chi connectivity index (χ3v) is 3.13. The third kappa shape index (κ3) is 7.63. The molecule has 5 heteroatoms. The maximum atomic E-state index is 11.5. The summed E-state index contributed by atoms with van der Waals surface area (Å²) in [7, 11) is 0. The second-order valence-corrected chi connectivity index (χ2v) is 4.70. The van der Waals surface area contributed by atoms with E-state index in [1.165, 1.54) is 0 Å². The van der Waals surface area contributed by atoms with Crippen molar-refractivity contribution in [3.8, 4) is 0 Å². The fourth-order valence-electron chi connectivity index (χ4n) is 2.01. The number of unbranched alkanes of at least 4 members (excludes halogenated alkanes) is 2. The van der Waals surface area contributed by atoms with Gasteiger partial charge in [-0.1, -0.05) is 0 Å². The summed E-state index contributed by atoms with van der Waals surface area (Å²) in [5.41, 5.74) is 0. The Morgan fingerprint density at radius 2 is 2.06 bits per heavy atom. The predicted octanol–water partition coefficient (Wildman–Crippen LogP) is 0.424. The molecule has 1 aliphatic heterocycles. The van der Waals surface area contributed by atoms with Crippen LogP contribution in [0.4, 0.5) is 0 Å². The Kier molecular flexibility index (Phi) is 8.81. The van der Waals surface area contributed by atoms with Crippen molar-refractivity contribution < 1.29 is 14.6 Å². The molecule has 1 fully saturated rings. The number of rotatable bonds is 9. The molecule has 0 radical (unpaired) electrons. The van der Waals surface area contributed by atoms with E-state index in [0.29, 0.717) is 25.7 Å². The first-order chi connectivity index (χ1) is 8.83. The Bertz CT molecular complexity index is 218. The Morgan fingerprint density at radius 1 is 1.28 bits per heavy atom. The fraction of sp³-hybridized carbons (Fsp3) is 0.923. The number of ether oxygens (including phenoxy) is 1. The Balaban J connectivity index is 1.89. The van der Waals surface area contributed by atoms with Crippen LogP contribution in [0.2, 0.25) is 0 Å². The van der Waals surface area contributed by atoms with Crippen LogP contribution in [0.25, 0.3) is 0 Å². The molecule has 5 nitrogen and oxygen atoms in total. The smallest absolute Gasteiger partial charge is 0.222 e. The van der Waals surface area contributed by atoms with Crippen molar-refractivity contribution in [3.05, 3.63) is 0 Å². The summed E-state index contributed by atoms with van der Waals surface area (Å²) in [6, 6.07) is 0. The second-order valence-electron chi connectivity index (χ2n) is 4.70. The zero-order valence-electron chi connectivity index (χ0n) is 11.1. The number of nitrogens with one attached hydrogen (secondary N) is 2.